The Morgan fingerprint density at radius 2 is 1.78 bits per heavy atom. The molecular formula is C15H26N2O. The number of nitrogens with zero attached hydrogens (tertiary/aromatic N) is 1. The topological polar surface area (TPSA) is 35.5 Å². The van der Waals surface area contributed by atoms with Crippen molar-refractivity contribution < 1.29 is 5.11 Å². The highest BCUT2D eigenvalue weighted by Crippen LogP contribution is 2.24. The lowest BCUT2D eigenvalue weighted by Gasteiger charge is -2.29. The number of para-hydroxylation sites is 1. The molecule has 0 saturated heterocycles. The van der Waals surface area contributed by atoms with Gasteiger partial charge in [0.25, 0.3) is 0 Å². The highest BCUT2D eigenvalue weighted by Gasteiger charge is 2.18. The highest BCUT2D eigenvalue weighted by molar-refractivity contribution is 5.34. The molecule has 0 aliphatic heterocycles. The first-order chi connectivity index (χ1) is 8.41. The van der Waals surface area contributed by atoms with Gasteiger partial charge in [-0.05, 0) is 33.0 Å². The Labute approximate surface area is 111 Å². The number of phenols is 1. The van der Waals surface area contributed by atoms with E-state index in [0.29, 0.717) is 17.7 Å². The van der Waals surface area contributed by atoms with Crippen molar-refractivity contribution in [3.05, 3.63) is 29.8 Å². The maximum atomic E-state index is 9.86. The molecule has 1 rings (SSSR count). The highest BCUT2D eigenvalue weighted by atomic mass is 16.3. The van der Waals surface area contributed by atoms with Crippen LogP contribution in [0.2, 0.25) is 0 Å². The third-order valence-corrected chi connectivity index (χ3v) is 3.23. The molecule has 0 aliphatic carbocycles. The predicted molar refractivity (Wildman–Crippen MR) is 76.8 cm³/mol. The van der Waals surface area contributed by atoms with Crippen molar-refractivity contribution in [1.82, 2.24) is 10.2 Å². The summed E-state index contributed by atoms with van der Waals surface area (Å²) in [6.07, 6.45) is 0. The molecule has 2 unspecified atom stereocenters. The van der Waals surface area contributed by atoms with Gasteiger partial charge in [0.05, 0.1) is 0 Å². The van der Waals surface area contributed by atoms with Crippen LogP contribution in [0.5, 0.6) is 5.75 Å². The summed E-state index contributed by atoms with van der Waals surface area (Å²) in [6.45, 7) is 7.53. The van der Waals surface area contributed by atoms with Gasteiger partial charge in [-0.15, -0.1) is 0 Å². The quantitative estimate of drug-likeness (QED) is 0.814. The van der Waals surface area contributed by atoms with E-state index in [1.165, 1.54) is 0 Å². The maximum Gasteiger partial charge on any atom is 0.120 e. The molecule has 2 N–H and O–H groups in total. The van der Waals surface area contributed by atoms with Crippen molar-refractivity contribution in [3.8, 4) is 5.75 Å². The van der Waals surface area contributed by atoms with Crippen LogP contribution in [-0.4, -0.2) is 36.7 Å². The van der Waals surface area contributed by atoms with Crippen molar-refractivity contribution in [2.45, 2.75) is 32.9 Å². The predicted octanol–water partition coefficient (Wildman–Crippen LogP) is 2.63. The summed E-state index contributed by atoms with van der Waals surface area (Å²) >= 11 is 0. The molecule has 0 saturated carbocycles. The van der Waals surface area contributed by atoms with Crippen molar-refractivity contribution in [2.75, 3.05) is 20.6 Å². The molecular weight excluding hydrogens is 224 g/mol. The molecule has 0 aromatic heterocycles. The van der Waals surface area contributed by atoms with E-state index in [1.807, 2.05) is 18.2 Å². The monoisotopic (exact) mass is 250 g/mol. The maximum absolute atomic E-state index is 9.86. The SMILES string of the molecule is CC(NC(CN(C)C)C(C)C)c1ccccc1O. The smallest absolute Gasteiger partial charge is 0.120 e. The molecule has 0 amide bonds. The number of hydrogen-bond donors (Lipinski definition) is 2. The van der Waals surface area contributed by atoms with E-state index in [-0.39, 0.29) is 6.04 Å². The van der Waals surface area contributed by atoms with Crippen LogP contribution in [0, 0.1) is 5.92 Å². The van der Waals surface area contributed by atoms with Gasteiger partial charge in [0.15, 0.2) is 0 Å². The summed E-state index contributed by atoms with van der Waals surface area (Å²) in [5, 5.41) is 13.5. The Balaban J connectivity index is 2.72. The van der Waals surface area contributed by atoms with Gasteiger partial charge in [0, 0.05) is 24.2 Å². The van der Waals surface area contributed by atoms with Gasteiger partial charge in [-0.25, -0.2) is 0 Å². The van der Waals surface area contributed by atoms with Crippen LogP contribution in [0.25, 0.3) is 0 Å². The normalized spacial score (nSPS) is 15.1. The molecule has 1 aromatic carbocycles. The Bertz CT molecular complexity index is 363. The number of hydrogen-bond acceptors (Lipinski definition) is 3. The van der Waals surface area contributed by atoms with Crippen LogP contribution >= 0.6 is 0 Å². The lowest BCUT2D eigenvalue weighted by Crippen LogP contribution is -2.43. The van der Waals surface area contributed by atoms with Crippen molar-refractivity contribution in [1.29, 1.82) is 0 Å². The van der Waals surface area contributed by atoms with Crippen molar-refractivity contribution >= 4 is 0 Å². The van der Waals surface area contributed by atoms with Crippen LogP contribution in [-0.2, 0) is 0 Å². The van der Waals surface area contributed by atoms with Crippen LogP contribution in [0.3, 0.4) is 0 Å². The summed E-state index contributed by atoms with van der Waals surface area (Å²) in [4.78, 5) is 2.19. The van der Waals surface area contributed by atoms with E-state index in [9.17, 15) is 5.11 Å². The molecule has 102 valence electrons. The Hall–Kier alpha value is -1.06. The molecule has 0 spiro atoms. The van der Waals surface area contributed by atoms with Crippen LogP contribution in [0.4, 0.5) is 0 Å². The van der Waals surface area contributed by atoms with Gasteiger partial charge < -0.3 is 15.3 Å². The van der Waals surface area contributed by atoms with E-state index in [4.69, 9.17) is 0 Å². The number of benzene rings is 1. The Morgan fingerprint density at radius 1 is 1.17 bits per heavy atom. The third-order valence-electron chi connectivity index (χ3n) is 3.23. The van der Waals surface area contributed by atoms with E-state index >= 15 is 0 Å². The van der Waals surface area contributed by atoms with Gasteiger partial charge in [0.2, 0.25) is 0 Å². The van der Waals surface area contributed by atoms with E-state index in [1.54, 1.807) is 6.07 Å². The summed E-state index contributed by atoms with van der Waals surface area (Å²) in [5.41, 5.74) is 0.960. The minimum Gasteiger partial charge on any atom is -0.508 e. The number of likely N-dealkylation sites (N-methyl/N-ethyl adjacent to an activating group) is 1. The zero-order valence-electron chi connectivity index (χ0n) is 12.1. The summed E-state index contributed by atoms with van der Waals surface area (Å²) < 4.78 is 0. The molecule has 3 heteroatoms. The minimum atomic E-state index is 0.151. The average Bonchev–Trinajstić information content (AvgIpc) is 2.27. The molecule has 0 radical (unpaired) electrons. The van der Waals surface area contributed by atoms with E-state index in [0.717, 1.165) is 12.1 Å². The van der Waals surface area contributed by atoms with Gasteiger partial charge in [0.1, 0.15) is 5.75 Å². The number of phenolic OH excluding ortho intramolecular Hbond substituents is 1. The molecule has 18 heavy (non-hydrogen) atoms. The van der Waals surface area contributed by atoms with Crippen LogP contribution in [0.15, 0.2) is 24.3 Å². The lowest BCUT2D eigenvalue weighted by atomic mass is 10.0. The van der Waals surface area contributed by atoms with E-state index < -0.39 is 0 Å². The number of aromatic hydroxyl groups is 1. The first kappa shape index (κ1) is 15.0. The molecule has 3 nitrogen and oxygen atoms in total. The average molecular weight is 250 g/mol. The van der Waals surface area contributed by atoms with Gasteiger partial charge >= 0.3 is 0 Å². The first-order valence-corrected chi connectivity index (χ1v) is 6.60. The summed E-state index contributed by atoms with van der Waals surface area (Å²) in [5.74, 6) is 0.922. The minimum absolute atomic E-state index is 0.151. The number of rotatable bonds is 6. The summed E-state index contributed by atoms with van der Waals surface area (Å²) in [7, 11) is 4.17. The molecule has 0 fully saturated rings. The standard InChI is InChI=1S/C15H26N2O/c1-11(2)14(10-17(4)5)16-12(3)13-8-6-7-9-15(13)18/h6-9,11-12,14,16,18H,10H2,1-5H3. The second-order valence-corrected chi connectivity index (χ2v) is 5.56. The Kier molecular flexibility index (Phi) is 5.63. The fraction of sp³-hybridized carbons (Fsp3) is 0.600. The first-order valence-electron chi connectivity index (χ1n) is 6.60. The molecule has 0 heterocycles. The second kappa shape index (κ2) is 6.76. The third kappa shape index (κ3) is 4.31. The van der Waals surface area contributed by atoms with Crippen molar-refractivity contribution in [2.24, 2.45) is 5.92 Å². The largest absolute Gasteiger partial charge is 0.508 e. The lowest BCUT2D eigenvalue weighted by molar-refractivity contribution is 0.272. The zero-order valence-corrected chi connectivity index (χ0v) is 12.1. The fourth-order valence-electron chi connectivity index (χ4n) is 2.11. The van der Waals surface area contributed by atoms with Crippen molar-refractivity contribution in [3.63, 3.8) is 0 Å². The van der Waals surface area contributed by atoms with E-state index in [2.05, 4.69) is 45.1 Å². The summed E-state index contributed by atoms with van der Waals surface area (Å²) in [6, 6.07) is 8.09. The van der Waals surface area contributed by atoms with Gasteiger partial charge in [-0.3, -0.25) is 0 Å². The number of nitrogens with one attached hydrogen (secondary N) is 1. The van der Waals surface area contributed by atoms with Gasteiger partial charge in [-0.1, -0.05) is 32.0 Å². The Morgan fingerprint density at radius 3 is 2.28 bits per heavy atom. The zero-order chi connectivity index (χ0) is 13.7. The van der Waals surface area contributed by atoms with Gasteiger partial charge in [-0.2, -0.15) is 0 Å². The molecule has 0 bridgehead atoms. The fourth-order valence-corrected chi connectivity index (χ4v) is 2.11. The van der Waals surface area contributed by atoms with Crippen LogP contribution in [0.1, 0.15) is 32.4 Å². The second-order valence-electron chi connectivity index (χ2n) is 5.56. The molecule has 1 aromatic rings. The van der Waals surface area contributed by atoms with Crippen LogP contribution < -0.4 is 5.32 Å². The molecule has 2 atom stereocenters. The molecule has 0 aliphatic rings.